The fourth-order valence-electron chi connectivity index (χ4n) is 3.59. The van der Waals surface area contributed by atoms with E-state index in [1.165, 1.54) is 0 Å². The maximum absolute atomic E-state index is 13.1. The molecule has 25 heavy (non-hydrogen) atoms. The standard InChI is InChI=1S/C18H26N4O3/c1-4-25-18(24)15-14-6-5-12(11-21(2)3)17(23)16(14)22(20-15)13-7-9-19-10-8-13/h11,13,19H,4-10H2,1-3H3. The zero-order chi connectivity index (χ0) is 18.0. The summed E-state index contributed by atoms with van der Waals surface area (Å²) in [4.78, 5) is 27.3. The summed E-state index contributed by atoms with van der Waals surface area (Å²) in [5.41, 5.74) is 2.41. The van der Waals surface area contributed by atoms with Crippen LogP contribution in [-0.4, -0.2) is 60.2 Å². The lowest BCUT2D eigenvalue weighted by Gasteiger charge is -2.26. The Kier molecular flexibility index (Phi) is 5.22. The molecule has 1 aromatic rings. The number of aromatic nitrogens is 2. The number of allylic oxidation sites excluding steroid dienone is 1. The van der Waals surface area contributed by atoms with E-state index in [4.69, 9.17) is 4.74 Å². The minimum absolute atomic E-state index is 0.0171. The Morgan fingerprint density at radius 2 is 2.08 bits per heavy atom. The summed E-state index contributed by atoms with van der Waals surface area (Å²) in [5.74, 6) is -0.448. The third-order valence-corrected chi connectivity index (χ3v) is 4.70. The van der Waals surface area contributed by atoms with E-state index >= 15 is 0 Å². The van der Waals surface area contributed by atoms with Crippen LogP contribution < -0.4 is 5.32 Å². The predicted octanol–water partition coefficient (Wildman–Crippen LogP) is 1.56. The molecule has 0 saturated carbocycles. The summed E-state index contributed by atoms with van der Waals surface area (Å²) in [6.07, 6.45) is 4.93. The number of ketones is 1. The van der Waals surface area contributed by atoms with Gasteiger partial charge in [-0.15, -0.1) is 0 Å². The van der Waals surface area contributed by atoms with Gasteiger partial charge in [-0.1, -0.05) is 0 Å². The third-order valence-electron chi connectivity index (χ3n) is 4.70. The number of fused-ring (bicyclic) bond motifs is 1. The van der Waals surface area contributed by atoms with Gasteiger partial charge in [-0.3, -0.25) is 9.48 Å². The van der Waals surface area contributed by atoms with Gasteiger partial charge in [0, 0.05) is 31.4 Å². The van der Waals surface area contributed by atoms with Crippen LogP contribution in [0.4, 0.5) is 0 Å². The summed E-state index contributed by atoms with van der Waals surface area (Å²) in [6.45, 7) is 3.86. The number of nitrogens with zero attached hydrogens (tertiary/aromatic N) is 3. The first-order valence-electron chi connectivity index (χ1n) is 8.94. The van der Waals surface area contributed by atoms with E-state index in [1.54, 1.807) is 11.6 Å². The summed E-state index contributed by atoms with van der Waals surface area (Å²) in [7, 11) is 3.81. The van der Waals surface area contributed by atoms with Gasteiger partial charge < -0.3 is 15.0 Å². The van der Waals surface area contributed by atoms with Crippen molar-refractivity contribution in [2.75, 3.05) is 33.8 Å². The van der Waals surface area contributed by atoms with Crippen molar-refractivity contribution in [1.82, 2.24) is 20.0 Å². The van der Waals surface area contributed by atoms with Gasteiger partial charge in [-0.2, -0.15) is 5.10 Å². The van der Waals surface area contributed by atoms with E-state index in [9.17, 15) is 9.59 Å². The monoisotopic (exact) mass is 346 g/mol. The van der Waals surface area contributed by atoms with Crippen molar-refractivity contribution >= 4 is 11.8 Å². The Morgan fingerprint density at radius 3 is 2.72 bits per heavy atom. The Labute approximate surface area is 148 Å². The quantitative estimate of drug-likeness (QED) is 0.659. The second-order valence-electron chi connectivity index (χ2n) is 6.77. The van der Waals surface area contributed by atoms with Crippen molar-refractivity contribution in [1.29, 1.82) is 0 Å². The van der Waals surface area contributed by atoms with Crippen molar-refractivity contribution in [3.63, 3.8) is 0 Å². The van der Waals surface area contributed by atoms with E-state index in [0.29, 0.717) is 30.8 Å². The van der Waals surface area contributed by atoms with Crippen LogP contribution in [0.25, 0.3) is 0 Å². The average molecular weight is 346 g/mol. The number of esters is 1. The SMILES string of the molecule is CCOC(=O)c1nn(C2CCNCC2)c2c1CCC(=CN(C)C)C2=O. The lowest BCUT2D eigenvalue weighted by atomic mass is 9.90. The molecule has 0 spiro atoms. The lowest BCUT2D eigenvalue weighted by molar-refractivity contribution is 0.0516. The summed E-state index contributed by atoms with van der Waals surface area (Å²) in [5, 5.41) is 7.88. The maximum atomic E-state index is 13.1. The molecule has 1 saturated heterocycles. The highest BCUT2D eigenvalue weighted by Crippen LogP contribution is 2.32. The molecular formula is C18H26N4O3. The molecule has 136 valence electrons. The van der Waals surface area contributed by atoms with Crippen LogP contribution in [0, 0.1) is 0 Å². The van der Waals surface area contributed by atoms with Gasteiger partial charge in [0.1, 0.15) is 5.69 Å². The first-order chi connectivity index (χ1) is 12.0. The molecule has 0 aromatic carbocycles. The van der Waals surface area contributed by atoms with Crippen LogP contribution in [-0.2, 0) is 11.2 Å². The van der Waals surface area contributed by atoms with E-state index in [-0.39, 0.29) is 11.8 Å². The summed E-state index contributed by atoms with van der Waals surface area (Å²) in [6, 6.07) is 0.140. The zero-order valence-electron chi connectivity index (χ0n) is 15.2. The number of piperidine rings is 1. The van der Waals surface area contributed by atoms with Gasteiger partial charge in [0.2, 0.25) is 5.78 Å². The van der Waals surface area contributed by atoms with Crippen LogP contribution in [0.3, 0.4) is 0 Å². The van der Waals surface area contributed by atoms with Gasteiger partial charge in [-0.25, -0.2) is 4.79 Å². The Bertz CT molecular complexity index is 699. The van der Waals surface area contributed by atoms with Crippen molar-refractivity contribution in [2.45, 2.75) is 38.6 Å². The zero-order valence-corrected chi connectivity index (χ0v) is 15.2. The molecule has 1 N–H and O–H groups in total. The molecule has 2 heterocycles. The van der Waals surface area contributed by atoms with Crippen molar-refractivity contribution in [3.8, 4) is 0 Å². The molecule has 2 aliphatic rings. The second kappa shape index (κ2) is 7.39. The molecule has 0 radical (unpaired) electrons. The first-order valence-corrected chi connectivity index (χ1v) is 8.94. The second-order valence-corrected chi connectivity index (χ2v) is 6.77. The van der Waals surface area contributed by atoms with E-state index in [2.05, 4.69) is 10.4 Å². The average Bonchev–Trinajstić information content (AvgIpc) is 2.98. The normalized spacial score (nSPS) is 19.8. The fraction of sp³-hybridized carbons (Fsp3) is 0.611. The minimum atomic E-state index is -0.431. The number of hydrogen-bond donors (Lipinski definition) is 1. The van der Waals surface area contributed by atoms with Crippen LogP contribution in [0.15, 0.2) is 11.8 Å². The Hall–Kier alpha value is -2.15. The molecular weight excluding hydrogens is 320 g/mol. The smallest absolute Gasteiger partial charge is 0.359 e. The van der Waals surface area contributed by atoms with Crippen molar-refractivity contribution in [3.05, 3.63) is 28.7 Å². The molecule has 1 fully saturated rings. The highest BCUT2D eigenvalue weighted by Gasteiger charge is 2.35. The Balaban J connectivity index is 2.06. The Morgan fingerprint density at radius 1 is 1.36 bits per heavy atom. The number of nitrogens with one attached hydrogen (secondary N) is 1. The van der Waals surface area contributed by atoms with Crippen molar-refractivity contribution < 1.29 is 14.3 Å². The number of carbonyl (C=O) groups excluding carboxylic acids is 2. The number of carbonyl (C=O) groups is 2. The van der Waals surface area contributed by atoms with E-state index < -0.39 is 5.97 Å². The molecule has 1 aromatic heterocycles. The molecule has 3 rings (SSSR count). The number of Topliss-reactive ketones (excluding diaryl/α,β-unsaturated/α-hetero) is 1. The van der Waals surface area contributed by atoms with E-state index in [1.807, 2.05) is 25.2 Å². The topological polar surface area (TPSA) is 76.5 Å². The van der Waals surface area contributed by atoms with Gasteiger partial charge in [-0.05, 0) is 45.7 Å². The largest absolute Gasteiger partial charge is 0.461 e. The van der Waals surface area contributed by atoms with Gasteiger partial charge in [0.25, 0.3) is 0 Å². The predicted molar refractivity (Wildman–Crippen MR) is 93.7 cm³/mol. The van der Waals surface area contributed by atoms with Gasteiger partial charge in [0.05, 0.1) is 12.6 Å². The molecule has 7 nitrogen and oxygen atoms in total. The molecule has 0 unspecified atom stereocenters. The molecule has 7 heteroatoms. The minimum Gasteiger partial charge on any atom is -0.461 e. The maximum Gasteiger partial charge on any atom is 0.359 e. The number of ether oxygens (including phenoxy) is 1. The van der Waals surface area contributed by atoms with Crippen LogP contribution >= 0.6 is 0 Å². The first kappa shape index (κ1) is 17.7. The molecule has 0 atom stereocenters. The summed E-state index contributed by atoms with van der Waals surface area (Å²) >= 11 is 0. The lowest BCUT2D eigenvalue weighted by Crippen LogP contribution is -2.32. The third kappa shape index (κ3) is 3.46. The van der Waals surface area contributed by atoms with Gasteiger partial charge >= 0.3 is 5.97 Å². The van der Waals surface area contributed by atoms with Crippen LogP contribution in [0.1, 0.15) is 58.8 Å². The molecule has 0 amide bonds. The summed E-state index contributed by atoms with van der Waals surface area (Å²) < 4.78 is 6.96. The van der Waals surface area contributed by atoms with Crippen LogP contribution in [0.2, 0.25) is 0 Å². The fourth-order valence-corrected chi connectivity index (χ4v) is 3.59. The van der Waals surface area contributed by atoms with Crippen LogP contribution in [0.5, 0.6) is 0 Å². The van der Waals surface area contributed by atoms with Crippen molar-refractivity contribution in [2.24, 2.45) is 0 Å². The van der Waals surface area contributed by atoms with Gasteiger partial charge in [0.15, 0.2) is 5.69 Å². The molecule has 1 aliphatic heterocycles. The highest BCUT2D eigenvalue weighted by atomic mass is 16.5. The molecule has 1 aliphatic carbocycles. The van der Waals surface area contributed by atoms with E-state index in [0.717, 1.165) is 37.1 Å². The molecule has 0 bridgehead atoms. The number of rotatable bonds is 4. The number of hydrogen-bond acceptors (Lipinski definition) is 6. The highest BCUT2D eigenvalue weighted by molar-refractivity contribution is 6.11.